The fourth-order valence-corrected chi connectivity index (χ4v) is 3.83. The number of carbonyl (C=O) groups excluding carboxylic acids is 1. The lowest BCUT2D eigenvalue weighted by Crippen LogP contribution is -2.55. The summed E-state index contributed by atoms with van der Waals surface area (Å²) >= 11 is 0. The summed E-state index contributed by atoms with van der Waals surface area (Å²) in [6, 6.07) is 7.83. The summed E-state index contributed by atoms with van der Waals surface area (Å²) in [5.74, 6) is -0.0367. The zero-order chi connectivity index (χ0) is 16.3. The number of nitrogens with two attached hydrogens (primary N) is 1. The predicted octanol–water partition coefficient (Wildman–Crippen LogP) is 0.503. The van der Waals surface area contributed by atoms with Crippen molar-refractivity contribution < 1.29 is 13.2 Å². The van der Waals surface area contributed by atoms with Gasteiger partial charge in [0.1, 0.15) is 0 Å². The number of amides is 1. The van der Waals surface area contributed by atoms with E-state index in [0.29, 0.717) is 26.2 Å². The quantitative estimate of drug-likeness (QED) is 0.874. The molecule has 1 fully saturated rings. The van der Waals surface area contributed by atoms with Gasteiger partial charge in [0.2, 0.25) is 15.9 Å². The molecular weight excluding hydrogens is 302 g/mol. The molecule has 7 heteroatoms. The second-order valence-corrected chi connectivity index (χ2v) is 7.75. The first-order chi connectivity index (χ1) is 10.3. The third-order valence-electron chi connectivity index (χ3n) is 3.93. The van der Waals surface area contributed by atoms with Gasteiger partial charge in [-0.25, -0.2) is 8.42 Å². The van der Waals surface area contributed by atoms with Gasteiger partial charge in [-0.2, -0.15) is 4.31 Å². The molecule has 0 aromatic heterocycles. The van der Waals surface area contributed by atoms with E-state index in [0.717, 1.165) is 0 Å². The highest BCUT2D eigenvalue weighted by Gasteiger charge is 2.32. The predicted molar refractivity (Wildman–Crippen MR) is 84.6 cm³/mol. The first-order valence-electron chi connectivity index (χ1n) is 7.43. The van der Waals surface area contributed by atoms with Gasteiger partial charge >= 0.3 is 0 Å². The van der Waals surface area contributed by atoms with E-state index >= 15 is 0 Å². The summed E-state index contributed by atoms with van der Waals surface area (Å²) in [7, 11) is -3.48. The summed E-state index contributed by atoms with van der Waals surface area (Å²) in [6.45, 7) is 5.16. The zero-order valence-corrected chi connectivity index (χ0v) is 13.8. The van der Waals surface area contributed by atoms with Gasteiger partial charge in [-0.3, -0.25) is 4.79 Å². The van der Waals surface area contributed by atoms with Crippen LogP contribution in [-0.4, -0.2) is 55.8 Å². The second kappa shape index (κ2) is 6.76. The Morgan fingerprint density at radius 3 is 2.14 bits per heavy atom. The Labute approximate surface area is 131 Å². The topological polar surface area (TPSA) is 83.7 Å². The fourth-order valence-electron chi connectivity index (χ4n) is 2.39. The average Bonchev–Trinajstić information content (AvgIpc) is 2.54. The first-order valence-corrected chi connectivity index (χ1v) is 8.87. The lowest BCUT2D eigenvalue weighted by atomic mass is 10.0. The minimum atomic E-state index is -3.48. The van der Waals surface area contributed by atoms with Crippen LogP contribution in [0, 0.1) is 5.92 Å². The van der Waals surface area contributed by atoms with Crippen molar-refractivity contribution in [2.75, 3.05) is 26.2 Å². The molecule has 1 aromatic rings. The van der Waals surface area contributed by atoms with Gasteiger partial charge in [-0.1, -0.05) is 32.0 Å². The molecule has 122 valence electrons. The molecule has 1 heterocycles. The molecule has 2 N–H and O–H groups in total. The minimum Gasteiger partial charge on any atom is -0.339 e. The van der Waals surface area contributed by atoms with Crippen molar-refractivity contribution in [3.63, 3.8) is 0 Å². The second-order valence-electron chi connectivity index (χ2n) is 5.81. The third kappa shape index (κ3) is 3.48. The van der Waals surface area contributed by atoms with Gasteiger partial charge in [-0.05, 0) is 18.1 Å². The highest BCUT2D eigenvalue weighted by Crippen LogP contribution is 2.17. The molecule has 1 atom stereocenters. The summed E-state index contributed by atoms with van der Waals surface area (Å²) in [6.07, 6.45) is 0. The van der Waals surface area contributed by atoms with E-state index in [1.807, 2.05) is 13.8 Å². The normalized spacial score (nSPS) is 18.5. The largest absolute Gasteiger partial charge is 0.339 e. The van der Waals surface area contributed by atoms with Crippen molar-refractivity contribution >= 4 is 15.9 Å². The van der Waals surface area contributed by atoms with Gasteiger partial charge in [-0.15, -0.1) is 0 Å². The van der Waals surface area contributed by atoms with Gasteiger partial charge in [0, 0.05) is 26.2 Å². The van der Waals surface area contributed by atoms with Crippen molar-refractivity contribution in [1.82, 2.24) is 9.21 Å². The van der Waals surface area contributed by atoms with E-state index in [1.165, 1.54) is 4.31 Å². The summed E-state index contributed by atoms with van der Waals surface area (Å²) in [5, 5.41) is 0. The highest BCUT2D eigenvalue weighted by molar-refractivity contribution is 7.89. The van der Waals surface area contributed by atoms with E-state index in [4.69, 9.17) is 5.73 Å². The van der Waals surface area contributed by atoms with E-state index in [1.54, 1.807) is 35.2 Å². The summed E-state index contributed by atoms with van der Waals surface area (Å²) < 4.78 is 26.4. The molecule has 2 rings (SSSR count). The van der Waals surface area contributed by atoms with Gasteiger partial charge in [0.25, 0.3) is 0 Å². The van der Waals surface area contributed by atoms with Crippen LogP contribution in [0.15, 0.2) is 35.2 Å². The monoisotopic (exact) mass is 325 g/mol. The molecule has 0 aliphatic carbocycles. The number of sulfonamides is 1. The van der Waals surface area contributed by atoms with Crippen LogP contribution in [0.3, 0.4) is 0 Å². The molecule has 0 radical (unpaired) electrons. The van der Waals surface area contributed by atoms with Gasteiger partial charge < -0.3 is 10.6 Å². The maximum Gasteiger partial charge on any atom is 0.243 e. The number of rotatable bonds is 4. The maximum atomic E-state index is 12.5. The van der Waals surface area contributed by atoms with Crippen molar-refractivity contribution in [3.05, 3.63) is 30.3 Å². The molecule has 1 unspecified atom stereocenters. The molecule has 0 bridgehead atoms. The highest BCUT2D eigenvalue weighted by atomic mass is 32.2. The van der Waals surface area contributed by atoms with E-state index in [-0.39, 0.29) is 16.7 Å². The Morgan fingerprint density at radius 1 is 1.09 bits per heavy atom. The molecule has 0 saturated carbocycles. The van der Waals surface area contributed by atoms with Crippen LogP contribution in [0.5, 0.6) is 0 Å². The number of piperazine rings is 1. The van der Waals surface area contributed by atoms with Crippen LogP contribution in [0.1, 0.15) is 13.8 Å². The lowest BCUT2D eigenvalue weighted by Gasteiger charge is -2.35. The molecular formula is C15H23N3O3S. The minimum absolute atomic E-state index is 0.0681. The molecule has 1 aromatic carbocycles. The molecule has 6 nitrogen and oxygen atoms in total. The Kier molecular flexibility index (Phi) is 5.20. The third-order valence-corrected chi connectivity index (χ3v) is 5.85. The van der Waals surface area contributed by atoms with Crippen LogP contribution in [-0.2, 0) is 14.8 Å². The molecule has 0 spiro atoms. The fraction of sp³-hybridized carbons (Fsp3) is 0.533. The van der Waals surface area contributed by atoms with Gasteiger partial charge in [0.05, 0.1) is 10.9 Å². The van der Waals surface area contributed by atoms with Crippen LogP contribution in [0.4, 0.5) is 0 Å². The molecule has 22 heavy (non-hydrogen) atoms. The number of hydrogen-bond donors (Lipinski definition) is 1. The Bertz CT molecular complexity index is 608. The number of benzene rings is 1. The van der Waals surface area contributed by atoms with Gasteiger partial charge in [0.15, 0.2) is 0 Å². The van der Waals surface area contributed by atoms with Crippen LogP contribution >= 0.6 is 0 Å². The Hall–Kier alpha value is -1.44. The number of hydrogen-bond acceptors (Lipinski definition) is 4. The van der Waals surface area contributed by atoms with E-state index < -0.39 is 16.1 Å². The summed E-state index contributed by atoms with van der Waals surface area (Å²) in [5.41, 5.74) is 5.88. The zero-order valence-electron chi connectivity index (χ0n) is 13.0. The van der Waals surface area contributed by atoms with E-state index in [9.17, 15) is 13.2 Å². The van der Waals surface area contributed by atoms with Crippen molar-refractivity contribution in [2.45, 2.75) is 24.8 Å². The van der Waals surface area contributed by atoms with E-state index in [2.05, 4.69) is 0 Å². The smallest absolute Gasteiger partial charge is 0.243 e. The average molecular weight is 325 g/mol. The first kappa shape index (κ1) is 16.9. The van der Waals surface area contributed by atoms with Crippen LogP contribution in [0.25, 0.3) is 0 Å². The van der Waals surface area contributed by atoms with Crippen LogP contribution in [0.2, 0.25) is 0 Å². The molecule has 1 aliphatic heterocycles. The molecule has 1 aliphatic rings. The lowest BCUT2D eigenvalue weighted by molar-refractivity contribution is -0.134. The standard InChI is InChI=1S/C15H23N3O3S/c1-12(2)14(16)15(19)17-8-10-18(11-9-17)22(20,21)13-6-4-3-5-7-13/h3-7,12,14H,8-11,16H2,1-2H3. The van der Waals surface area contributed by atoms with Crippen molar-refractivity contribution in [2.24, 2.45) is 11.7 Å². The summed E-state index contributed by atoms with van der Waals surface area (Å²) in [4.78, 5) is 14.1. The maximum absolute atomic E-state index is 12.5. The Balaban J connectivity index is 2.02. The van der Waals surface area contributed by atoms with Crippen LogP contribution < -0.4 is 5.73 Å². The molecule has 1 amide bonds. The van der Waals surface area contributed by atoms with Crippen molar-refractivity contribution in [3.8, 4) is 0 Å². The Morgan fingerprint density at radius 2 is 1.64 bits per heavy atom. The molecule has 1 saturated heterocycles. The number of carbonyl (C=O) groups is 1. The van der Waals surface area contributed by atoms with Crippen molar-refractivity contribution in [1.29, 1.82) is 0 Å². The SMILES string of the molecule is CC(C)C(N)C(=O)N1CCN(S(=O)(=O)c2ccccc2)CC1. The number of nitrogens with zero attached hydrogens (tertiary/aromatic N) is 2.